The van der Waals surface area contributed by atoms with Crippen LogP contribution in [-0.2, 0) is 24.2 Å². The minimum Gasteiger partial charge on any atom is -0.512 e. The Balaban J connectivity index is 3.41. The number of aliphatic hydroxyl groups is 1. The van der Waals surface area contributed by atoms with Gasteiger partial charge in [-0.15, -0.1) is 0 Å². The van der Waals surface area contributed by atoms with E-state index >= 15 is 0 Å². The molecule has 0 aliphatic heterocycles. The van der Waals surface area contributed by atoms with Gasteiger partial charge in [0.05, 0.1) is 18.4 Å². The molecule has 1 aliphatic rings. The minimum atomic E-state index is -3.84. The second-order valence-electron chi connectivity index (χ2n) is 7.46. The molecule has 1 atom stereocenters. The number of methoxy groups -OCH3 is 1. The van der Waals surface area contributed by atoms with Crippen LogP contribution in [0.4, 0.5) is 0 Å². The summed E-state index contributed by atoms with van der Waals surface area (Å²) in [6.07, 6.45) is 0.595. The number of unbranched alkanes of at least 4 members (excludes halogenated alkanes) is 1. The van der Waals surface area contributed by atoms with Gasteiger partial charge in [-0.3, -0.25) is 4.79 Å². The third-order valence-electron chi connectivity index (χ3n) is 4.27. The van der Waals surface area contributed by atoms with Gasteiger partial charge in [-0.25, -0.2) is 13.2 Å². The molecule has 0 saturated heterocycles. The molecule has 0 saturated carbocycles. The zero-order valence-electron chi connectivity index (χ0n) is 15.6. The topological polar surface area (TPSA) is 110 Å². The van der Waals surface area contributed by atoms with Crippen LogP contribution >= 0.6 is 0 Å². The van der Waals surface area contributed by atoms with Crippen molar-refractivity contribution in [1.29, 1.82) is 0 Å². The molecule has 0 aromatic carbocycles. The summed E-state index contributed by atoms with van der Waals surface area (Å²) in [7, 11) is -2.69. The molecule has 2 N–H and O–H groups in total. The molecule has 25 heavy (non-hydrogen) atoms. The quantitative estimate of drug-likeness (QED) is 0.687. The summed E-state index contributed by atoms with van der Waals surface area (Å²) in [5, 5.41) is 12.7. The first-order chi connectivity index (χ1) is 11.4. The Morgan fingerprint density at radius 3 is 2.40 bits per heavy atom. The van der Waals surface area contributed by atoms with Gasteiger partial charge in [0.25, 0.3) is 0 Å². The second kappa shape index (κ2) is 7.76. The predicted molar refractivity (Wildman–Crippen MR) is 94.8 cm³/mol. The fourth-order valence-corrected chi connectivity index (χ4v) is 5.02. The van der Waals surface area contributed by atoms with Gasteiger partial charge in [0.2, 0.25) is 5.91 Å². The lowest BCUT2D eigenvalue weighted by atomic mass is 9.85. The van der Waals surface area contributed by atoms with E-state index in [1.807, 2.05) is 6.92 Å². The summed E-state index contributed by atoms with van der Waals surface area (Å²) < 4.78 is 29.0. The predicted octanol–water partition coefficient (Wildman–Crippen LogP) is 2.02. The van der Waals surface area contributed by atoms with Crippen LogP contribution in [0.15, 0.2) is 11.3 Å². The number of esters is 1. The fourth-order valence-electron chi connectivity index (χ4n) is 2.85. The molecule has 1 amide bonds. The molecule has 8 heteroatoms. The van der Waals surface area contributed by atoms with E-state index in [9.17, 15) is 23.1 Å². The number of rotatable bonds is 6. The van der Waals surface area contributed by atoms with Crippen LogP contribution < -0.4 is 5.32 Å². The molecule has 1 rings (SSSR count). The average molecular weight is 375 g/mol. The summed E-state index contributed by atoms with van der Waals surface area (Å²) in [5.74, 6) is -1.80. The van der Waals surface area contributed by atoms with Gasteiger partial charge < -0.3 is 15.2 Å². The van der Waals surface area contributed by atoms with Gasteiger partial charge in [-0.1, -0.05) is 13.3 Å². The number of aliphatic hydroxyl groups excluding tert-OH is 1. The van der Waals surface area contributed by atoms with Crippen molar-refractivity contribution in [2.45, 2.75) is 70.1 Å². The van der Waals surface area contributed by atoms with Crippen LogP contribution in [0, 0.1) is 0 Å². The molecule has 0 aromatic heterocycles. The lowest BCUT2D eigenvalue weighted by Gasteiger charge is -2.37. The van der Waals surface area contributed by atoms with Crippen molar-refractivity contribution in [3.63, 3.8) is 0 Å². The Morgan fingerprint density at radius 2 is 1.92 bits per heavy atom. The summed E-state index contributed by atoms with van der Waals surface area (Å²) >= 11 is 0. The normalized spacial score (nSPS) is 21.8. The number of hydrogen-bond donors (Lipinski definition) is 2. The maximum Gasteiger partial charge on any atom is 0.337 e. The van der Waals surface area contributed by atoms with Crippen LogP contribution in [0.1, 0.15) is 59.8 Å². The molecular formula is C17H29NO6S. The highest BCUT2D eigenvalue weighted by Crippen LogP contribution is 2.39. The maximum atomic E-state index is 13.0. The number of sulfone groups is 1. The Hall–Kier alpha value is -1.57. The number of carbonyl (C=O) groups is 2. The molecule has 7 nitrogen and oxygen atoms in total. The van der Waals surface area contributed by atoms with Gasteiger partial charge in [-0.05, 0) is 33.6 Å². The molecule has 0 spiro atoms. The van der Waals surface area contributed by atoms with Crippen LogP contribution in [-0.4, -0.2) is 48.5 Å². The minimum absolute atomic E-state index is 0.0622. The van der Waals surface area contributed by atoms with E-state index in [4.69, 9.17) is 0 Å². The van der Waals surface area contributed by atoms with Gasteiger partial charge >= 0.3 is 5.97 Å². The van der Waals surface area contributed by atoms with E-state index in [1.165, 1.54) is 0 Å². The van der Waals surface area contributed by atoms with Crippen molar-refractivity contribution in [1.82, 2.24) is 5.32 Å². The zero-order chi connectivity index (χ0) is 19.5. The van der Waals surface area contributed by atoms with Crippen molar-refractivity contribution in [3.05, 3.63) is 11.3 Å². The van der Waals surface area contributed by atoms with Crippen LogP contribution in [0.3, 0.4) is 0 Å². The monoisotopic (exact) mass is 375 g/mol. The molecule has 1 unspecified atom stereocenters. The van der Waals surface area contributed by atoms with Gasteiger partial charge in [0, 0.05) is 18.4 Å². The van der Waals surface area contributed by atoms with Crippen molar-refractivity contribution in [2.24, 2.45) is 0 Å². The van der Waals surface area contributed by atoms with E-state index in [-0.39, 0.29) is 36.3 Å². The van der Waals surface area contributed by atoms with E-state index in [0.29, 0.717) is 12.8 Å². The van der Waals surface area contributed by atoms with E-state index < -0.39 is 32.0 Å². The van der Waals surface area contributed by atoms with Crippen LogP contribution in [0.25, 0.3) is 0 Å². The standard InChI is InChI=1S/C17H29NO6S/c1-6-7-10-25(22,23)17(15(21)18-16(2,3)4)9-8-13(19)12(11-17)14(20)24-5/h19H,6-11H2,1-5H3,(H,18,21). The van der Waals surface area contributed by atoms with Crippen molar-refractivity contribution < 1.29 is 27.9 Å². The van der Waals surface area contributed by atoms with E-state index in [1.54, 1.807) is 20.8 Å². The zero-order valence-corrected chi connectivity index (χ0v) is 16.5. The third kappa shape index (κ3) is 4.74. The van der Waals surface area contributed by atoms with Crippen molar-refractivity contribution in [2.75, 3.05) is 12.9 Å². The lowest BCUT2D eigenvalue weighted by Crippen LogP contribution is -2.58. The molecule has 0 radical (unpaired) electrons. The highest BCUT2D eigenvalue weighted by molar-refractivity contribution is 7.93. The number of amides is 1. The number of nitrogens with one attached hydrogen (secondary N) is 1. The van der Waals surface area contributed by atoms with Gasteiger partial charge in [0.15, 0.2) is 14.6 Å². The van der Waals surface area contributed by atoms with Crippen LogP contribution in [0.2, 0.25) is 0 Å². The number of hydrogen-bond acceptors (Lipinski definition) is 6. The van der Waals surface area contributed by atoms with Crippen molar-refractivity contribution in [3.8, 4) is 0 Å². The van der Waals surface area contributed by atoms with E-state index in [0.717, 1.165) is 7.11 Å². The molecule has 0 fully saturated rings. The average Bonchev–Trinajstić information content (AvgIpc) is 2.50. The summed E-state index contributed by atoms with van der Waals surface area (Å²) in [6, 6.07) is 0. The van der Waals surface area contributed by atoms with Crippen molar-refractivity contribution >= 4 is 21.7 Å². The lowest BCUT2D eigenvalue weighted by molar-refractivity contribution is -0.136. The first-order valence-electron chi connectivity index (χ1n) is 8.44. The van der Waals surface area contributed by atoms with Gasteiger partial charge in [-0.2, -0.15) is 0 Å². The number of allylic oxidation sites excluding steroid dienone is 1. The largest absolute Gasteiger partial charge is 0.512 e. The number of carbonyl (C=O) groups excluding carboxylic acids is 2. The Kier molecular flexibility index (Phi) is 6.67. The molecule has 144 valence electrons. The SMILES string of the molecule is CCCCS(=O)(=O)C1(C(=O)NC(C)(C)C)CCC(O)=C(C(=O)OC)C1. The maximum absolute atomic E-state index is 13.0. The van der Waals surface area contributed by atoms with Gasteiger partial charge in [0.1, 0.15) is 5.76 Å². The molecule has 1 aliphatic carbocycles. The summed E-state index contributed by atoms with van der Waals surface area (Å²) in [4.78, 5) is 24.9. The Morgan fingerprint density at radius 1 is 1.32 bits per heavy atom. The molecule has 0 aromatic rings. The first kappa shape index (κ1) is 21.5. The first-order valence-corrected chi connectivity index (χ1v) is 10.1. The number of ether oxygens (including phenoxy) is 1. The molecule has 0 heterocycles. The molecule has 0 bridgehead atoms. The second-order valence-corrected chi connectivity index (χ2v) is 9.88. The summed E-state index contributed by atoms with van der Waals surface area (Å²) in [6.45, 7) is 7.14. The Labute approximate surface area is 149 Å². The van der Waals surface area contributed by atoms with Crippen LogP contribution in [0.5, 0.6) is 0 Å². The highest BCUT2D eigenvalue weighted by Gasteiger charge is 2.54. The van der Waals surface area contributed by atoms with E-state index in [2.05, 4.69) is 10.1 Å². The highest BCUT2D eigenvalue weighted by atomic mass is 32.2. The third-order valence-corrected chi connectivity index (χ3v) is 6.82. The fraction of sp³-hybridized carbons (Fsp3) is 0.765. The smallest absolute Gasteiger partial charge is 0.337 e. The molecular weight excluding hydrogens is 346 g/mol. The Bertz CT molecular complexity index is 659. The summed E-state index contributed by atoms with van der Waals surface area (Å²) in [5.41, 5.74) is -0.767.